The van der Waals surface area contributed by atoms with Crippen LogP contribution in [0.15, 0.2) is 12.7 Å². The van der Waals surface area contributed by atoms with Crippen molar-refractivity contribution in [3.8, 4) is 12.3 Å². The molecule has 0 aliphatic carbocycles. The normalized spacial score (nSPS) is 32.6. The minimum atomic E-state index is -0.483. The zero-order valence-electron chi connectivity index (χ0n) is 10.7. The van der Waals surface area contributed by atoms with Crippen molar-refractivity contribution in [2.45, 2.75) is 43.9 Å². The number of carbonyl (C=O) groups excluding carboxylic acids is 1. The molecular weight excluding hydrogens is 248 g/mol. The third-order valence-electron chi connectivity index (χ3n) is 3.13. The Morgan fingerprint density at radius 2 is 2.37 bits per heavy atom. The molecule has 2 saturated heterocycles. The topological polar surface area (TPSA) is 54.0 Å². The molecule has 0 N–H and O–H groups in total. The molecule has 2 rings (SSSR count). The van der Waals surface area contributed by atoms with Crippen molar-refractivity contribution in [2.75, 3.05) is 13.2 Å². The Labute approximate surface area is 112 Å². The summed E-state index contributed by atoms with van der Waals surface area (Å²) in [6.07, 6.45) is 7.08. The predicted octanol–water partition coefficient (Wildman–Crippen LogP) is 1.03. The van der Waals surface area contributed by atoms with Gasteiger partial charge >= 0.3 is 5.97 Å². The van der Waals surface area contributed by atoms with E-state index in [0.29, 0.717) is 25.9 Å². The van der Waals surface area contributed by atoms with Gasteiger partial charge in [-0.15, -0.1) is 13.0 Å². The number of esters is 1. The molecule has 2 fully saturated rings. The molecule has 0 aromatic carbocycles. The van der Waals surface area contributed by atoms with E-state index in [1.54, 1.807) is 6.08 Å². The molecule has 2 bridgehead atoms. The number of rotatable bonds is 6. The molecular formula is C14H18O5. The van der Waals surface area contributed by atoms with Crippen LogP contribution in [0.1, 0.15) is 19.3 Å². The van der Waals surface area contributed by atoms with E-state index in [4.69, 9.17) is 25.4 Å². The van der Waals surface area contributed by atoms with Crippen molar-refractivity contribution in [3.63, 3.8) is 0 Å². The molecule has 2 aliphatic heterocycles. The SMILES string of the molecule is C#CCOC1CC(OC(=O)CCC=C)C2OCC1O2. The molecule has 0 amide bonds. The summed E-state index contributed by atoms with van der Waals surface area (Å²) in [6, 6.07) is 0. The van der Waals surface area contributed by atoms with Gasteiger partial charge in [-0.2, -0.15) is 0 Å². The highest BCUT2D eigenvalue weighted by molar-refractivity contribution is 5.69. The maximum atomic E-state index is 11.6. The Morgan fingerprint density at radius 3 is 3.11 bits per heavy atom. The number of fused-ring (bicyclic) bond motifs is 2. The minimum absolute atomic E-state index is 0.124. The molecule has 0 aromatic heterocycles. The van der Waals surface area contributed by atoms with Crippen molar-refractivity contribution >= 4 is 5.97 Å². The first-order chi connectivity index (χ1) is 9.24. The largest absolute Gasteiger partial charge is 0.457 e. The maximum absolute atomic E-state index is 11.6. The molecule has 2 aliphatic rings. The summed E-state index contributed by atoms with van der Waals surface area (Å²) < 4.78 is 21.9. The molecule has 0 spiro atoms. The third-order valence-corrected chi connectivity index (χ3v) is 3.13. The van der Waals surface area contributed by atoms with E-state index in [0.717, 1.165) is 0 Å². The second-order valence-corrected chi connectivity index (χ2v) is 4.52. The Hall–Kier alpha value is -1.35. The lowest BCUT2D eigenvalue weighted by atomic mass is 10.0. The van der Waals surface area contributed by atoms with E-state index in [9.17, 15) is 4.79 Å². The lowest BCUT2D eigenvalue weighted by Crippen LogP contribution is -2.45. The Bertz CT molecular complexity index is 373. The van der Waals surface area contributed by atoms with Gasteiger partial charge < -0.3 is 18.9 Å². The van der Waals surface area contributed by atoms with Crippen molar-refractivity contribution in [3.05, 3.63) is 12.7 Å². The summed E-state index contributed by atoms with van der Waals surface area (Å²) in [4.78, 5) is 11.6. The van der Waals surface area contributed by atoms with Crippen LogP contribution in [0.4, 0.5) is 0 Å². The predicted molar refractivity (Wildman–Crippen MR) is 67.1 cm³/mol. The third kappa shape index (κ3) is 3.57. The minimum Gasteiger partial charge on any atom is -0.457 e. The number of hydrogen-bond acceptors (Lipinski definition) is 5. The fraction of sp³-hybridized carbons (Fsp3) is 0.643. The van der Waals surface area contributed by atoms with Gasteiger partial charge in [0.25, 0.3) is 0 Å². The van der Waals surface area contributed by atoms with Crippen LogP contribution in [0.25, 0.3) is 0 Å². The molecule has 5 nitrogen and oxygen atoms in total. The summed E-state index contributed by atoms with van der Waals surface area (Å²) in [6.45, 7) is 4.23. The van der Waals surface area contributed by atoms with Crippen LogP contribution in [0.3, 0.4) is 0 Å². The van der Waals surface area contributed by atoms with Gasteiger partial charge in [-0.25, -0.2) is 0 Å². The van der Waals surface area contributed by atoms with Crippen LogP contribution in [0.2, 0.25) is 0 Å². The van der Waals surface area contributed by atoms with Crippen molar-refractivity contribution in [1.29, 1.82) is 0 Å². The zero-order valence-corrected chi connectivity index (χ0v) is 10.7. The summed E-state index contributed by atoms with van der Waals surface area (Å²) in [5.74, 6) is 2.14. The van der Waals surface area contributed by atoms with Gasteiger partial charge in [0.1, 0.15) is 12.7 Å². The maximum Gasteiger partial charge on any atom is 0.306 e. The highest BCUT2D eigenvalue weighted by Gasteiger charge is 2.46. The fourth-order valence-corrected chi connectivity index (χ4v) is 2.20. The molecule has 4 atom stereocenters. The number of hydrogen-bond donors (Lipinski definition) is 0. The van der Waals surface area contributed by atoms with E-state index in [-0.39, 0.29) is 24.8 Å². The first-order valence-corrected chi connectivity index (χ1v) is 6.37. The van der Waals surface area contributed by atoms with E-state index >= 15 is 0 Å². The summed E-state index contributed by atoms with van der Waals surface area (Å²) >= 11 is 0. The van der Waals surface area contributed by atoms with Gasteiger partial charge in [0, 0.05) is 12.8 Å². The highest BCUT2D eigenvalue weighted by Crippen LogP contribution is 2.31. The van der Waals surface area contributed by atoms with E-state index in [2.05, 4.69) is 12.5 Å². The van der Waals surface area contributed by atoms with Crippen LogP contribution in [0.5, 0.6) is 0 Å². The molecule has 19 heavy (non-hydrogen) atoms. The number of allylic oxidation sites excluding steroid dienone is 1. The molecule has 0 saturated carbocycles. The molecule has 104 valence electrons. The van der Waals surface area contributed by atoms with E-state index in [1.807, 2.05) is 0 Å². The van der Waals surface area contributed by atoms with Gasteiger partial charge in [0.15, 0.2) is 12.4 Å². The average molecular weight is 266 g/mol. The Morgan fingerprint density at radius 1 is 1.53 bits per heavy atom. The first kappa shape index (κ1) is 14.1. The second kappa shape index (κ2) is 6.71. The zero-order chi connectivity index (χ0) is 13.7. The van der Waals surface area contributed by atoms with Gasteiger partial charge in [-0.05, 0) is 6.42 Å². The number of carbonyl (C=O) groups is 1. The van der Waals surface area contributed by atoms with Crippen LogP contribution in [-0.2, 0) is 23.7 Å². The average Bonchev–Trinajstić information content (AvgIpc) is 2.83. The van der Waals surface area contributed by atoms with Crippen molar-refractivity contribution in [1.82, 2.24) is 0 Å². The lowest BCUT2D eigenvalue weighted by Gasteiger charge is -2.32. The first-order valence-electron chi connectivity index (χ1n) is 6.37. The van der Waals surface area contributed by atoms with Crippen molar-refractivity contribution < 1.29 is 23.7 Å². The van der Waals surface area contributed by atoms with Crippen LogP contribution in [-0.4, -0.2) is 43.8 Å². The number of ether oxygens (including phenoxy) is 4. The van der Waals surface area contributed by atoms with Crippen LogP contribution >= 0.6 is 0 Å². The summed E-state index contributed by atoms with van der Waals surface area (Å²) in [7, 11) is 0. The Kier molecular flexibility index (Phi) is 4.97. The van der Waals surface area contributed by atoms with Gasteiger partial charge in [0.05, 0.1) is 12.7 Å². The smallest absolute Gasteiger partial charge is 0.306 e. The summed E-state index contributed by atoms with van der Waals surface area (Å²) in [5.41, 5.74) is 0. The molecule has 0 radical (unpaired) electrons. The molecule has 5 heteroatoms. The molecule has 0 aromatic rings. The quantitative estimate of drug-likeness (QED) is 0.408. The van der Waals surface area contributed by atoms with Crippen LogP contribution in [0, 0.1) is 12.3 Å². The standard InChI is InChI=1S/C14H18O5/c1-3-5-6-13(15)18-11-8-10(16-7-4-2)12-9-17-14(11)19-12/h2-3,10-12,14H,1,5-9H2. The lowest BCUT2D eigenvalue weighted by molar-refractivity contribution is -0.207. The fourth-order valence-electron chi connectivity index (χ4n) is 2.20. The van der Waals surface area contributed by atoms with Gasteiger partial charge in [-0.1, -0.05) is 12.0 Å². The van der Waals surface area contributed by atoms with Gasteiger partial charge in [0.2, 0.25) is 0 Å². The Balaban J connectivity index is 1.87. The highest BCUT2D eigenvalue weighted by atomic mass is 16.8. The van der Waals surface area contributed by atoms with Gasteiger partial charge in [-0.3, -0.25) is 4.79 Å². The molecule has 4 unspecified atom stereocenters. The number of terminal acetylenes is 1. The summed E-state index contributed by atoms with van der Waals surface area (Å²) in [5, 5.41) is 0. The molecule has 2 heterocycles. The second-order valence-electron chi connectivity index (χ2n) is 4.52. The van der Waals surface area contributed by atoms with Crippen LogP contribution < -0.4 is 0 Å². The van der Waals surface area contributed by atoms with E-state index in [1.165, 1.54) is 0 Å². The monoisotopic (exact) mass is 266 g/mol. The van der Waals surface area contributed by atoms with Crippen molar-refractivity contribution in [2.24, 2.45) is 0 Å². The van der Waals surface area contributed by atoms with E-state index < -0.39 is 12.4 Å².